The zero-order valence-electron chi connectivity index (χ0n) is 9.96. The van der Waals surface area contributed by atoms with Crippen LogP contribution in [0.3, 0.4) is 0 Å². The maximum absolute atomic E-state index is 13.0. The fourth-order valence-electron chi connectivity index (χ4n) is 1.35. The minimum absolute atomic E-state index is 0.0238. The van der Waals surface area contributed by atoms with E-state index >= 15 is 0 Å². The molecule has 0 saturated heterocycles. The highest BCUT2D eigenvalue weighted by Crippen LogP contribution is 2.29. The van der Waals surface area contributed by atoms with Gasteiger partial charge < -0.3 is 0 Å². The smallest absolute Gasteiger partial charge is 0.243 e. The summed E-state index contributed by atoms with van der Waals surface area (Å²) in [5, 5.41) is 8.47. The fourth-order valence-corrected chi connectivity index (χ4v) is 4.36. The second-order valence-electron chi connectivity index (χ2n) is 3.65. The summed E-state index contributed by atoms with van der Waals surface area (Å²) in [5.41, 5.74) is 0. The SMILES string of the molecule is Cc1nnc(N(C)S(=O)(=O)c2ccc(F)cc2Br)s1. The fraction of sp³-hybridized carbons (Fsp3) is 0.200. The molecule has 102 valence electrons. The van der Waals surface area contributed by atoms with Crippen molar-refractivity contribution in [1.29, 1.82) is 0 Å². The number of hydrogen-bond acceptors (Lipinski definition) is 5. The first-order chi connectivity index (χ1) is 8.82. The van der Waals surface area contributed by atoms with Crippen LogP contribution in [0.5, 0.6) is 0 Å². The van der Waals surface area contributed by atoms with Crippen LogP contribution in [0.4, 0.5) is 9.52 Å². The molecule has 0 N–H and O–H groups in total. The summed E-state index contributed by atoms with van der Waals surface area (Å²) in [6, 6.07) is 3.40. The Kier molecular flexibility index (Phi) is 3.88. The number of aromatic nitrogens is 2. The van der Waals surface area contributed by atoms with Gasteiger partial charge >= 0.3 is 0 Å². The molecule has 0 bridgehead atoms. The third-order valence-electron chi connectivity index (χ3n) is 2.32. The molecule has 0 aliphatic heterocycles. The van der Waals surface area contributed by atoms with E-state index in [1.807, 2.05) is 0 Å². The third kappa shape index (κ3) is 2.77. The van der Waals surface area contributed by atoms with Gasteiger partial charge in [-0.05, 0) is 41.1 Å². The standard InChI is InChI=1S/C10H9BrFN3O2S2/c1-6-13-14-10(18-6)15(2)19(16,17)9-4-3-7(12)5-8(9)11/h3-5H,1-2H3. The number of sulfonamides is 1. The van der Waals surface area contributed by atoms with Crippen molar-refractivity contribution in [2.75, 3.05) is 11.4 Å². The van der Waals surface area contributed by atoms with Crippen LogP contribution in [0.1, 0.15) is 5.01 Å². The molecule has 1 aromatic carbocycles. The second kappa shape index (κ2) is 5.14. The van der Waals surface area contributed by atoms with Gasteiger partial charge in [0.1, 0.15) is 15.7 Å². The Morgan fingerprint density at radius 2 is 2.05 bits per heavy atom. The summed E-state index contributed by atoms with van der Waals surface area (Å²) in [5.74, 6) is -0.514. The van der Waals surface area contributed by atoms with E-state index in [1.165, 1.54) is 13.1 Å². The number of halogens is 2. The number of benzene rings is 1. The first-order valence-corrected chi connectivity index (χ1v) is 8.11. The molecular formula is C10H9BrFN3O2S2. The van der Waals surface area contributed by atoms with Gasteiger partial charge in [-0.1, -0.05) is 11.3 Å². The molecule has 0 unspecified atom stereocenters. The van der Waals surface area contributed by atoms with Gasteiger partial charge in [0.05, 0.1) is 0 Å². The molecule has 1 heterocycles. The van der Waals surface area contributed by atoms with Crippen LogP contribution in [0.25, 0.3) is 0 Å². The monoisotopic (exact) mass is 365 g/mol. The molecule has 2 rings (SSSR count). The van der Waals surface area contributed by atoms with Gasteiger partial charge in [0.2, 0.25) is 5.13 Å². The lowest BCUT2D eigenvalue weighted by Gasteiger charge is -2.16. The molecule has 0 aliphatic carbocycles. The second-order valence-corrected chi connectivity index (χ2v) is 7.60. The van der Waals surface area contributed by atoms with Crippen LogP contribution in [-0.2, 0) is 10.0 Å². The van der Waals surface area contributed by atoms with Crippen LogP contribution in [0, 0.1) is 12.7 Å². The predicted molar refractivity (Wildman–Crippen MR) is 74.3 cm³/mol. The maximum atomic E-state index is 13.0. The summed E-state index contributed by atoms with van der Waals surface area (Å²) in [4.78, 5) is -0.0238. The molecule has 0 aliphatic rings. The molecular weight excluding hydrogens is 357 g/mol. The van der Waals surface area contributed by atoms with Gasteiger partial charge in [-0.2, -0.15) is 0 Å². The predicted octanol–water partition coefficient (Wildman–Crippen LogP) is 2.57. The zero-order chi connectivity index (χ0) is 14.2. The van der Waals surface area contributed by atoms with E-state index in [4.69, 9.17) is 0 Å². The van der Waals surface area contributed by atoms with Crippen LogP contribution in [-0.4, -0.2) is 25.7 Å². The van der Waals surface area contributed by atoms with Gasteiger partial charge in [0.15, 0.2) is 0 Å². The van der Waals surface area contributed by atoms with Crippen LogP contribution >= 0.6 is 27.3 Å². The Balaban J connectivity index is 2.47. The first-order valence-electron chi connectivity index (χ1n) is 5.06. The van der Waals surface area contributed by atoms with Crippen molar-refractivity contribution in [3.8, 4) is 0 Å². The van der Waals surface area contributed by atoms with Crippen LogP contribution in [0.2, 0.25) is 0 Å². The minimum atomic E-state index is -3.80. The highest BCUT2D eigenvalue weighted by Gasteiger charge is 2.26. The van der Waals surface area contributed by atoms with E-state index in [2.05, 4.69) is 26.1 Å². The first kappa shape index (κ1) is 14.4. The molecule has 2 aromatic rings. The molecule has 0 radical (unpaired) electrons. The van der Waals surface area contributed by atoms with E-state index in [0.717, 1.165) is 27.8 Å². The molecule has 9 heteroatoms. The van der Waals surface area contributed by atoms with E-state index < -0.39 is 15.8 Å². The Bertz CT molecular complexity index is 717. The van der Waals surface area contributed by atoms with E-state index in [0.29, 0.717) is 5.01 Å². The minimum Gasteiger partial charge on any atom is -0.243 e. The lowest BCUT2D eigenvalue weighted by molar-refractivity contribution is 0.592. The largest absolute Gasteiger partial charge is 0.267 e. The van der Waals surface area contributed by atoms with Crippen molar-refractivity contribution in [1.82, 2.24) is 10.2 Å². The molecule has 19 heavy (non-hydrogen) atoms. The number of anilines is 1. The van der Waals surface area contributed by atoms with Crippen molar-refractivity contribution in [2.45, 2.75) is 11.8 Å². The van der Waals surface area contributed by atoms with E-state index in [1.54, 1.807) is 6.92 Å². The summed E-state index contributed by atoms with van der Waals surface area (Å²) in [6.07, 6.45) is 0. The summed E-state index contributed by atoms with van der Waals surface area (Å²) in [7, 11) is -2.42. The van der Waals surface area contributed by atoms with Crippen molar-refractivity contribution < 1.29 is 12.8 Å². The van der Waals surface area contributed by atoms with Crippen molar-refractivity contribution in [3.05, 3.63) is 33.5 Å². The third-order valence-corrected chi connectivity index (χ3v) is 6.07. The molecule has 0 saturated carbocycles. The number of rotatable bonds is 3. The highest BCUT2D eigenvalue weighted by molar-refractivity contribution is 9.10. The van der Waals surface area contributed by atoms with Gasteiger partial charge in [-0.25, -0.2) is 17.1 Å². The number of aryl methyl sites for hydroxylation is 1. The molecule has 1 aromatic heterocycles. The number of hydrogen-bond donors (Lipinski definition) is 0. The Morgan fingerprint density at radius 3 is 2.58 bits per heavy atom. The topological polar surface area (TPSA) is 63.2 Å². The van der Waals surface area contributed by atoms with Crippen LogP contribution < -0.4 is 4.31 Å². The van der Waals surface area contributed by atoms with E-state index in [9.17, 15) is 12.8 Å². The van der Waals surface area contributed by atoms with Gasteiger partial charge in [-0.3, -0.25) is 0 Å². The van der Waals surface area contributed by atoms with Gasteiger partial charge in [-0.15, -0.1) is 10.2 Å². The lowest BCUT2D eigenvalue weighted by atomic mass is 10.3. The average molecular weight is 366 g/mol. The summed E-state index contributed by atoms with van der Waals surface area (Å²) < 4.78 is 39.0. The normalized spacial score (nSPS) is 11.6. The maximum Gasteiger partial charge on any atom is 0.267 e. The number of nitrogens with zero attached hydrogens (tertiary/aromatic N) is 3. The molecule has 0 spiro atoms. The van der Waals surface area contributed by atoms with Gasteiger partial charge in [0, 0.05) is 11.5 Å². The Hall–Kier alpha value is -1.06. The Labute approximate surface area is 122 Å². The Morgan fingerprint density at radius 1 is 1.37 bits per heavy atom. The summed E-state index contributed by atoms with van der Waals surface area (Å²) in [6.45, 7) is 1.73. The van der Waals surface area contributed by atoms with Crippen LogP contribution in [0.15, 0.2) is 27.6 Å². The average Bonchev–Trinajstić information content (AvgIpc) is 2.74. The highest BCUT2D eigenvalue weighted by atomic mass is 79.9. The molecule has 0 amide bonds. The van der Waals surface area contributed by atoms with Crippen molar-refractivity contribution in [3.63, 3.8) is 0 Å². The zero-order valence-corrected chi connectivity index (χ0v) is 13.2. The van der Waals surface area contributed by atoms with E-state index in [-0.39, 0.29) is 14.5 Å². The summed E-state index contributed by atoms with van der Waals surface area (Å²) >= 11 is 4.21. The molecule has 5 nitrogen and oxygen atoms in total. The quantitative estimate of drug-likeness (QED) is 0.838. The van der Waals surface area contributed by atoms with Crippen molar-refractivity contribution in [2.24, 2.45) is 0 Å². The lowest BCUT2D eigenvalue weighted by Crippen LogP contribution is -2.26. The molecule has 0 atom stereocenters. The molecule has 0 fully saturated rings. The van der Waals surface area contributed by atoms with Crippen molar-refractivity contribution >= 4 is 42.4 Å². The van der Waals surface area contributed by atoms with Gasteiger partial charge in [0.25, 0.3) is 10.0 Å².